The second-order valence-corrected chi connectivity index (χ2v) is 9.04. The van der Waals surface area contributed by atoms with Crippen LogP contribution in [-0.4, -0.2) is 58.3 Å². The van der Waals surface area contributed by atoms with Gasteiger partial charge in [0, 0.05) is 19.3 Å². The number of aryl methyl sites for hydroxylation is 2. The maximum Gasteiger partial charge on any atom is 0.322 e. The highest BCUT2D eigenvalue weighted by Crippen LogP contribution is 2.28. The standard InChI is InChI=1S/C19H22N6O5S/c1-12-11-15(23-24(12)2)18-21-22-19(30-18)20-17(26)16-5-4-10-25(16)31(27,28)14-8-6-13(29-3)7-9-14/h6-9,11,16H,4-5,10H2,1-3H3,(H,20,22,26). The third-order valence-electron chi connectivity index (χ3n) is 5.16. The molecule has 12 heteroatoms. The number of sulfonamides is 1. The second kappa shape index (κ2) is 8.12. The molecule has 11 nitrogen and oxygen atoms in total. The number of rotatable bonds is 6. The lowest BCUT2D eigenvalue weighted by Crippen LogP contribution is -2.43. The van der Waals surface area contributed by atoms with E-state index < -0.39 is 22.0 Å². The minimum atomic E-state index is -3.85. The molecule has 3 heterocycles. The van der Waals surface area contributed by atoms with Gasteiger partial charge in [0.15, 0.2) is 0 Å². The Bertz CT molecular complexity index is 1180. The number of carbonyl (C=O) groups excluding carboxylic acids is 1. The highest BCUT2D eigenvalue weighted by atomic mass is 32.2. The minimum Gasteiger partial charge on any atom is -0.497 e. The summed E-state index contributed by atoms with van der Waals surface area (Å²) in [5, 5.41) is 14.5. The van der Waals surface area contributed by atoms with Crippen LogP contribution in [0.1, 0.15) is 18.5 Å². The van der Waals surface area contributed by atoms with E-state index in [-0.39, 0.29) is 23.3 Å². The van der Waals surface area contributed by atoms with E-state index in [1.165, 1.54) is 23.5 Å². The molecule has 0 saturated carbocycles. The molecule has 1 aromatic carbocycles. The first-order chi connectivity index (χ1) is 14.8. The maximum atomic E-state index is 13.1. The summed E-state index contributed by atoms with van der Waals surface area (Å²) in [4.78, 5) is 12.9. The molecule has 0 spiro atoms. The van der Waals surface area contributed by atoms with Crippen molar-refractivity contribution in [3.8, 4) is 17.3 Å². The number of carbonyl (C=O) groups is 1. The van der Waals surface area contributed by atoms with E-state index >= 15 is 0 Å². The van der Waals surface area contributed by atoms with E-state index in [1.54, 1.807) is 29.9 Å². The molecule has 1 unspecified atom stereocenters. The van der Waals surface area contributed by atoms with E-state index in [4.69, 9.17) is 9.15 Å². The average Bonchev–Trinajstić information content (AvgIpc) is 3.49. The van der Waals surface area contributed by atoms with Gasteiger partial charge in [-0.1, -0.05) is 5.10 Å². The first kappa shape index (κ1) is 21.0. The molecule has 0 aliphatic carbocycles. The summed E-state index contributed by atoms with van der Waals surface area (Å²) in [5.74, 6) is 0.181. The first-order valence-corrected chi connectivity index (χ1v) is 11.0. The van der Waals surface area contributed by atoms with Crippen LogP contribution in [0.15, 0.2) is 39.6 Å². The summed E-state index contributed by atoms with van der Waals surface area (Å²) in [6, 6.07) is 6.84. The predicted octanol–water partition coefficient (Wildman–Crippen LogP) is 1.58. The summed E-state index contributed by atoms with van der Waals surface area (Å²) in [5.41, 5.74) is 1.39. The normalized spacial score (nSPS) is 17.1. The number of aromatic nitrogens is 4. The van der Waals surface area contributed by atoms with Crippen LogP contribution < -0.4 is 10.1 Å². The molecule has 31 heavy (non-hydrogen) atoms. The maximum absolute atomic E-state index is 13.1. The van der Waals surface area contributed by atoms with Gasteiger partial charge >= 0.3 is 6.01 Å². The lowest BCUT2D eigenvalue weighted by molar-refractivity contribution is -0.119. The van der Waals surface area contributed by atoms with Crippen LogP contribution in [0.4, 0.5) is 6.01 Å². The molecule has 1 fully saturated rings. The van der Waals surface area contributed by atoms with Gasteiger partial charge in [0.2, 0.25) is 15.9 Å². The number of amides is 1. The van der Waals surface area contributed by atoms with E-state index in [9.17, 15) is 13.2 Å². The summed E-state index contributed by atoms with van der Waals surface area (Å²) < 4.78 is 39.6. The number of benzene rings is 1. The van der Waals surface area contributed by atoms with Gasteiger partial charge in [-0.05, 0) is 50.1 Å². The summed E-state index contributed by atoms with van der Waals surface area (Å²) in [6.45, 7) is 2.13. The molecule has 1 saturated heterocycles. The minimum absolute atomic E-state index is 0.0959. The van der Waals surface area contributed by atoms with Crippen molar-refractivity contribution in [2.45, 2.75) is 30.7 Å². The Morgan fingerprint density at radius 2 is 2.00 bits per heavy atom. The zero-order chi connectivity index (χ0) is 22.2. The molecule has 1 aliphatic rings. The smallest absolute Gasteiger partial charge is 0.322 e. The lowest BCUT2D eigenvalue weighted by Gasteiger charge is -2.22. The highest BCUT2D eigenvalue weighted by Gasteiger charge is 2.40. The molecule has 1 N–H and O–H groups in total. The van der Waals surface area contributed by atoms with Gasteiger partial charge < -0.3 is 9.15 Å². The van der Waals surface area contributed by atoms with Crippen LogP contribution in [0.2, 0.25) is 0 Å². The number of nitrogens with one attached hydrogen (secondary N) is 1. The molecular formula is C19H22N6O5S. The number of hydrogen-bond donors (Lipinski definition) is 1. The zero-order valence-electron chi connectivity index (χ0n) is 17.3. The van der Waals surface area contributed by atoms with Gasteiger partial charge in [0.05, 0.1) is 12.0 Å². The number of nitrogens with zero attached hydrogens (tertiary/aromatic N) is 5. The quantitative estimate of drug-likeness (QED) is 0.603. The van der Waals surface area contributed by atoms with Crippen LogP contribution in [0.3, 0.4) is 0 Å². The molecule has 1 atom stereocenters. The molecule has 1 amide bonds. The van der Waals surface area contributed by atoms with E-state index in [1.807, 2.05) is 6.92 Å². The highest BCUT2D eigenvalue weighted by molar-refractivity contribution is 7.89. The Kier molecular flexibility index (Phi) is 5.50. The first-order valence-electron chi connectivity index (χ1n) is 9.61. The molecule has 0 bridgehead atoms. The summed E-state index contributed by atoms with van der Waals surface area (Å²) in [6.07, 6.45) is 0.956. The zero-order valence-corrected chi connectivity index (χ0v) is 18.1. The summed E-state index contributed by atoms with van der Waals surface area (Å²) >= 11 is 0. The predicted molar refractivity (Wildman–Crippen MR) is 110 cm³/mol. The van der Waals surface area contributed by atoms with Crippen LogP contribution in [0.25, 0.3) is 11.6 Å². The lowest BCUT2D eigenvalue weighted by atomic mass is 10.2. The van der Waals surface area contributed by atoms with Crippen LogP contribution in [-0.2, 0) is 21.9 Å². The third-order valence-corrected chi connectivity index (χ3v) is 7.08. The number of anilines is 1. The van der Waals surface area contributed by atoms with E-state index in [0.717, 1.165) is 5.69 Å². The van der Waals surface area contributed by atoms with Gasteiger partial charge in [0.1, 0.15) is 17.5 Å². The van der Waals surface area contributed by atoms with Crippen LogP contribution in [0.5, 0.6) is 5.75 Å². The van der Waals surface area contributed by atoms with Gasteiger partial charge in [-0.25, -0.2) is 8.42 Å². The Labute approximate surface area is 179 Å². The Hall–Kier alpha value is -3.25. The van der Waals surface area contributed by atoms with E-state index in [0.29, 0.717) is 24.3 Å². The molecular weight excluding hydrogens is 424 g/mol. The fourth-order valence-corrected chi connectivity index (χ4v) is 5.06. The van der Waals surface area contributed by atoms with Crippen molar-refractivity contribution in [1.82, 2.24) is 24.3 Å². The Morgan fingerprint density at radius 1 is 1.26 bits per heavy atom. The van der Waals surface area contributed by atoms with Crippen LogP contribution in [0, 0.1) is 6.92 Å². The summed E-state index contributed by atoms with van der Waals surface area (Å²) in [7, 11) is -0.563. The second-order valence-electron chi connectivity index (χ2n) is 7.15. The number of hydrogen-bond acceptors (Lipinski definition) is 8. The van der Waals surface area contributed by atoms with Crippen molar-refractivity contribution in [2.75, 3.05) is 19.0 Å². The van der Waals surface area contributed by atoms with Crippen molar-refractivity contribution in [3.63, 3.8) is 0 Å². The van der Waals surface area contributed by atoms with Crippen molar-refractivity contribution in [2.24, 2.45) is 7.05 Å². The fraction of sp³-hybridized carbons (Fsp3) is 0.368. The molecule has 3 aromatic rings. The molecule has 164 valence electrons. The molecule has 4 rings (SSSR count). The van der Waals surface area contributed by atoms with Crippen LogP contribution >= 0.6 is 0 Å². The van der Waals surface area contributed by atoms with E-state index in [2.05, 4.69) is 20.6 Å². The van der Waals surface area contributed by atoms with Gasteiger partial charge in [-0.15, -0.1) is 5.10 Å². The van der Waals surface area contributed by atoms with Gasteiger partial charge in [-0.2, -0.15) is 9.40 Å². The largest absolute Gasteiger partial charge is 0.497 e. The topological polar surface area (TPSA) is 132 Å². The van der Waals surface area contributed by atoms with Crippen molar-refractivity contribution in [1.29, 1.82) is 0 Å². The van der Waals surface area contributed by atoms with Crippen molar-refractivity contribution >= 4 is 21.9 Å². The van der Waals surface area contributed by atoms with Crippen molar-refractivity contribution < 1.29 is 22.4 Å². The molecule has 2 aromatic heterocycles. The van der Waals surface area contributed by atoms with Gasteiger partial charge in [0.25, 0.3) is 5.89 Å². The van der Waals surface area contributed by atoms with Crippen molar-refractivity contribution in [3.05, 3.63) is 36.0 Å². The Balaban J connectivity index is 1.50. The fourth-order valence-electron chi connectivity index (χ4n) is 3.40. The molecule has 0 radical (unpaired) electrons. The molecule has 1 aliphatic heterocycles. The average molecular weight is 446 g/mol. The third kappa shape index (κ3) is 4.03. The number of methoxy groups -OCH3 is 1. The monoisotopic (exact) mass is 446 g/mol. The Morgan fingerprint density at radius 3 is 2.65 bits per heavy atom. The SMILES string of the molecule is COc1ccc(S(=O)(=O)N2CCCC2C(=O)Nc2nnc(-c3cc(C)n(C)n3)o2)cc1. The number of ether oxygens (including phenoxy) is 1. The van der Waals surface area contributed by atoms with Gasteiger partial charge in [-0.3, -0.25) is 14.8 Å².